The molecule has 328 valence electrons. The average molecular weight is 791 g/mol. The molecule has 0 N–H and O–H groups in total. The van der Waals surface area contributed by atoms with Crippen molar-refractivity contribution in [2.24, 2.45) is 11.8 Å². The molecule has 1 saturated heterocycles. The minimum absolute atomic E-state index is 0.0839. The van der Waals surface area contributed by atoms with Crippen LogP contribution in [0.5, 0.6) is 0 Å². The molecule has 0 aromatic rings. The lowest BCUT2D eigenvalue weighted by molar-refractivity contribution is -0.156. The summed E-state index contributed by atoms with van der Waals surface area (Å²) < 4.78 is 17.3. The standard InChI is InChI=1S/C48H90N2O6/c1-5-9-12-15-17-18-19-20-21-22-23-24-25-27-30-34-46(51)54-41-44(42-55-47(52)35-31-36-50-39-37-49(8-4)38-40-50)43-56-48(53)45(32-28-14-11-7-3)33-29-26-16-13-10-6-2/h20-21,44-45H,5-19,22-43H2,1-4H3/b21-20-. The van der Waals surface area contributed by atoms with E-state index < -0.39 is 0 Å². The number of hydrogen-bond acceptors (Lipinski definition) is 8. The molecule has 0 bridgehead atoms. The van der Waals surface area contributed by atoms with E-state index in [9.17, 15) is 14.4 Å². The molecule has 0 aliphatic carbocycles. The van der Waals surface area contributed by atoms with Crippen molar-refractivity contribution in [1.29, 1.82) is 0 Å². The van der Waals surface area contributed by atoms with Crippen LogP contribution in [0.1, 0.15) is 207 Å². The van der Waals surface area contributed by atoms with Gasteiger partial charge in [0, 0.05) is 39.0 Å². The Bertz CT molecular complexity index is 950. The third kappa shape index (κ3) is 31.1. The number of rotatable bonds is 39. The minimum atomic E-state index is -0.377. The van der Waals surface area contributed by atoms with Gasteiger partial charge in [-0.25, -0.2) is 0 Å². The molecule has 0 radical (unpaired) electrons. The number of piperazine rings is 1. The number of unbranched alkanes of at least 4 members (excludes halogenated alkanes) is 19. The van der Waals surface area contributed by atoms with Crippen LogP contribution in [-0.4, -0.2) is 86.8 Å². The van der Waals surface area contributed by atoms with Gasteiger partial charge >= 0.3 is 17.9 Å². The second-order valence-corrected chi connectivity index (χ2v) is 16.7. The molecule has 0 saturated carbocycles. The first-order valence-corrected chi connectivity index (χ1v) is 24.0. The summed E-state index contributed by atoms with van der Waals surface area (Å²) in [6.45, 7) is 15.4. The second kappa shape index (κ2) is 38.6. The van der Waals surface area contributed by atoms with Gasteiger partial charge in [-0.1, -0.05) is 155 Å². The molecule has 1 aliphatic heterocycles. The van der Waals surface area contributed by atoms with Crippen LogP contribution in [0, 0.1) is 11.8 Å². The van der Waals surface area contributed by atoms with E-state index in [-0.39, 0.29) is 49.6 Å². The molecule has 56 heavy (non-hydrogen) atoms. The molecule has 0 spiro atoms. The molecule has 2 atom stereocenters. The Morgan fingerprint density at radius 3 is 1.41 bits per heavy atom. The number of allylic oxidation sites excluding steroid dienone is 2. The first-order chi connectivity index (χ1) is 27.4. The van der Waals surface area contributed by atoms with Crippen molar-refractivity contribution >= 4 is 17.9 Å². The van der Waals surface area contributed by atoms with Crippen LogP contribution in [0.4, 0.5) is 0 Å². The summed E-state index contributed by atoms with van der Waals surface area (Å²) in [7, 11) is 0. The Labute approximate surface area is 346 Å². The van der Waals surface area contributed by atoms with Gasteiger partial charge in [0.1, 0.15) is 19.8 Å². The first kappa shape index (κ1) is 52.1. The van der Waals surface area contributed by atoms with Crippen molar-refractivity contribution in [1.82, 2.24) is 9.80 Å². The summed E-state index contributed by atoms with van der Waals surface area (Å²) in [6.07, 6.45) is 35.4. The fourth-order valence-corrected chi connectivity index (χ4v) is 7.51. The van der Waals surface area contributed by atoms with Crippen LogP contribution in [0.2, 0.25) is 0 Å². The van der Waals surface area contributed by atoms with Gasteiger partial charge in [0.05, 0.1) is 11.8 Å². The van der Waals surface area contributed by atoms with Crippen LogP contribution in [0.25, 0.3) is 0 Å². The highest BCUT2D eigenvalue weighted by molar-refractivity contribution is 5.72. The number of likely N-dealkylation sites (N-methyl/N-ethyl adjacent to an activating group) is 1. The quantitative estimate of drug-likeness (QED) is 0.0263. The van der Waals surface area contributed by atoms with Gasteiger partial charge in [0.15, 0.2) is 0 Å². The summed E-state index contributed by atoms with van der Waals surface area (Å²) in [6, 6.07) is 0. The van der Waals surface area contributed by atoms with Gasteiger partial charge in [-0.3, -0.25) is 14.4 Å². The lowest BCUT2D eigenvalue weighted by Crippen LogP contribution is -2.46. The molecule has 1 fully saturated rings. The second-order valence-electron chi connectivity index (χ2n) is 16.7. The molecule has 1 rings (SSSR count). The Morgan fingerprint density at radius 2 is 0.893 bits per heavy atom. The van der Waals surface area contributed by atoms with Crippen LogP contribution in [0.15, 0.2) is 12.2 Å². The largest absolute Gasteiger partial charge is 0.465 e. The van der Waals surface area contributed by atoms with E-state index in [0.29, 0.717) is 12.8 Å². The van der Waals surface area contributed by atoms with Gasteiger partial charge in [-0.05, 0) is 64.5 Å². The van der Waals surface area contributed by atoms with Gasteiger partial charge in [0.2, 0.25) is 0 Å². The molecular weight excluding hydrogens is 701 g/mol. The lowest BCUT2D eigenvalue weighted by atomic mass is 9.94. The van der Waals surface area contributed by atoms with E-state index >= 15 is 0 Å². The van der Waals surface area contributed by atoms with E-state index in [4.69, 9.17) is 14.2 Å². The molecule has 1 heterocycles. The van der Waals surface area contributed by atoms with Crippen LogP contribution >= 0.6 is 0 Å². The number of esters is 3. The van der Waals surface area contributed by atoms with Gasteiger partial charge in [-0.15, -0.1) is 0 Å². The number of nitrogens with zero attached hydrogens (tertiary/aromatic N) is 2. The zero-order valence-corrected chi connectivity index (χ0v) is 37.3. The molecule has 0 aromatic heterocycles. The minimum Gasteiger partial charge on any atom is -0.465 e. The van der Waals surface area contributed by atoms with Crippen molar-refractivity contribution in [2.75, 3.05) is 59.1 Å². The van der Waals surface area contributed by atoms with E-state index in [2.05, 4.69) is 49.6 Å². The molecule has 0 amide bonds. The maximum absolute atomic E-state index is 13.4. The third-order valence-corrected chi connectivity index (χ3v) is 11.5. The van der Waals surface area contributed by atoms with Crippen LogP contribution in [-0.2, 0) is 28.6 Å². The monoisotopic (exact) mass is 791 g/mol. The smallest absolute Gasteiger partial charge is 0.308 e. The Morgan fingerprint density at radius 1 is 0.482 bits per heavy atom. The van der Waals surface area contributed by atoms with Gasteiger partial charge in [-0.2, -0.15) is 0 Å². The molecule has 8 nitrogen and oxygen atoms in total. The van der Waals surface area contributed by atoms with Crippen molar-refractivity contribution in [3.8, 4) is 0 Å². The van der Waals surface area contributed by atoms with Crippen molar-refractivity contribution in [2.45, 2.75) is 207 Å². The van der Waals surface area contributed by atoms with E-state index in [0.717, 1.165) is 110 Å². The van der Waals surface area contributed by atoms with Crippen LogP contribution < -0.4 is 0 Å². The first-order valence-electron chi connectivity index (χ1n) is 24.0. The number of carbonyl (C=O) groups is 3. The fraction of sp³-hybridized carbons (Fsp3) is 0.896. The molecule has 1 aliphatic rings. The summed E-state index contributed by atoms with van der Waals surface area (Å²) in [4.78, 5) is 43.8. The summed E-state index contributed by atoms with van der Waals surface area (Å²) in [5.74, 6) is -1.12. The maximum Gasteiger partial charge on any atom is 0.308 e. The topological polar surface area (TPSA) is 85.4 Å². The predicted molar refractivity (Wildman–Crippen MR) is 234 cm³/mol. The molecule has 8 heteroatoms. The summed E-state index contributed by atoms with van der Waals surface area (Å²) in [5, 5.41) is 0. The van der Waals surface area contributed by atoms with Crippen molar-refractivity contribution in [3.05, 3.63) is 12.2 Å². The summed E-state index contributed by atoms with van der Waals surface area (Å²) >= 11 is 0. The zero-order chi connectivity index (χ0) is 40.7. The average Bonchev–Trinajstić information content (AvgIpc) is 3.21. The summed E-state index contributed by atoms with van der Waals surface area (Å²) in [5.41, 5.74) is 0. The maximum atomic E-state index is 13.4. The van der Waals surface area contributed by atoms with E-state index in [1.165, 1.54) is 96.3 Å². The van der Waals surface area contributed by atoms with Crippen molar-refractivity contribution < 1.29 is 28.6 Å². The number of ether oxygens (including phenoxy) is 3. The SMILES string of the molecule is CCCCCCCC/C=C\CCCCCCCC(=O)OCC(COC(=O)CCCN1CCN(CC)CC1)COC(=O)C(CCCCCC)CCCCCCCC. The molecular formula is C48H90N2O6. The van der Waals surface area contributed by atoms with E-state index in [1.807, 2.05) is 0 Å². The van der Waals surface area contributed by atoms with Crippen LogP contribution in [0.3, 0.4) is 0 Å². The normalized spacial score (nSPS) is 14.9. The van der Waals surface area contributed by atoms with E-state index in [1.54, 1.807) is 0 Å². The van der Waals surface area contributed by atoms with Gasteiger partial charge in [0.25, 0.3) is 0 Å². The fourth-order valence-electron chi connectivity index (χ4n) is 7.51. The highest BCUT2D eigenvalue weighted by Crippen LogP contribution is 2.21. The number of carbonyl (C=O) groups excluding carboxylic acids is 3. The third-order valence-electron chi connectivity index (χ3n) is 11.5. The lowest BCUT2D eigenvalue weighted by Gasteiger charge is -2.33. The predicted octanol–water partition coefficient (Wildman–Crippen LogP) is 12.0. The molecule has 2 unspecified atom stereocenters. The Kier molecular flexibility index (Phi) is 35.9. The Balaban J connectivity index is 2.51. The molecule has 0 aromatic carbocycles. The Hall–Kier alpha value is -1.93. The van der Waals surface area contributed by atoms with Gasteiger partial charge < -0.3 is 24.0 Å². The zero-order valence-electron chi connectivity index (χ0n) is 37.3. The number of hydrogen-bond donors (Lipinski definition) is 0. The van der Waals surface area contributed by atoms with Crippen molar-refractivity contribution in [3.63, 3.8) is 0 Å². The highest BCUT2D eigenvalue weighted by atomic mass is 16.6. The highest BCUT2D eigenvalue weighted by Gasteiger charge is 2.23.